The lowest BCUT2D eigenvalue weighted by atomic mass is 10.00. The molecule has 176 valence electrons. The van der Waals surface area contributed by atoms with Crippen molar-refractivity contribution < 1.29 is 9.69 Å². The van der Waals surface area contributed by atoms with Gasteiger partial charge >= 0.3 is 0 Å². The summed E-state index contributed by atoms with van der Waals surface area (Å²) in [7, 11) is 0. The summed E-state index contributed by atoms with van der Waals surface area (Å²) in [6.07, 6.45) is 9.56. The van der Waals surface area contributed by atoms with Crippen molar-refractivity contribution in [3.8, 4) is 0 Å². The van der Waals surface area contributed by atoms with Crippen LogP contribution in [0, 0.1) is 6.92 Å². The van der Waals surface area contributed by atoms with Crippen molar-refractivity contribution >= 4 is 29.1 Å². The van der Waals surface area contributed by atoms with Crippen molar-refractivity contribution in [1.82, 2.24) is 5.32 Å². The van der Waals surface area contributed by atoms with E-state index < -0.39 is 0 Å². The van der Waals surface area contributed by atoms with Crippen LogP contribution >= 0.6 is 11.8 Å². The van der Waals surface area contributed by atoms with E-state index in [1.807, 2.05) is 12.1 Å². The number of hydrogen-bond acceptors (Lipinski definition) is 3. The highest BCUT2D eigenvalue weighted by atomic mass is 32.2. The molecule has 4 rings (SSSR count). The molecule has 2 unspecified atom stereocenters. The molecule has 0 radical (unpaired) electrons. The number of allylic oxidation sites excluding steroid dienone is 1. The second kappa shape index (κ2) is 11.3. The van der Waals surface area contributed by atoms with Crippen LogP contribution in [0.4, 0.5) is 5.69 Å². The monoisotopic (exact) mass is 464 g/mol. The molecule has 0 bridgehead atoms. The number of nitrogens with one attached hydrogen (secondary N) is 3. The zero-order chi connectivity index (χ0) is 23.2. The van der Waals surface area contributed by atoms with Gasteiger partial charge in [0, 0.05) is 39.6 Å². The number of amides is 1. The van der Waals surface area contributed by atoms with Crippen LogP contribution in [-0.2, 0) is 0 Å². The number of hydrogen-bond donors (Lipinski definition) is 3. The Morgan fingerprint density at radius 1 is 1.18 bits per heavy atom. The van der Waals surface area contributed by atoms with Gasteiger partial charge in [-0.25, -0.2) is 0 Å². The number of carbonyl (C=O) groups excluding carboxylic acids is 1. The van der Waals surface area contributed by atoms with Crippen molar-refractivity contribution in [2.24, 2.45) is 0 Å². The molecule has 1 amide bonds. The zero-order valence-electron chi connectivity index (χ0n) is 20.3. The summed E-state index contributed by atoms with van der Waals surface area (Å²) in [5.74, 6) is 0.0175. The van der Waals surface area contributed by atoms with Crippen molar-refractivity contribution in [3.05, 3.63) is 59.2 Å². The van der Waals surface area contributed by atoms with Crippen LogP contribution in [0.3, 0.4) is 0 Å². The Morgan fingerprint density at radius 2 is 2.03 bits per heavy atom. The fourth-order valence-electron chi connectivity index (χ4n) is 5.09. The maximum atomic E-state index is 12.9. The minimum absolute atomic E-state index is 0.0175. The Hall–Kier alpha value is -2.24. The molecule has 2 aliphatic heterocycles. The summed E-state index contributed by atoms with van der Waals surface area (Å²) in [6, 6.07) is 13.4. The number of benzene rings is 2. The fourth-order valence-corrected chi connectivity index (χ4v) is 6.10. The largest absolute Gasteiger partial charge is 0.354 e. The van der Waals surface area contributed by atoms with Crippen LogP contribution in [0.15, 0.2) is 52.3 Å². The van der Waals surface area contributed by atoms with Crippen LogP contribution in [0.5, 0.6) is 0 Å². The van der Waals surface area contributed by atoms with Gasteiger partial charge in [0.25, 0.3) is 5.91 Å². The summed E-state index contributed by atoms with van der Waals surface area (Å²) in [6.45, 7) is 9.78. The van der Waals surface area contributed by atoms with Gasteiger partial charge in [0.1, 0.15) is 0 Å². The van der Waals surface area contributed by atoms with Gasteiger partial charge < -0.3 is 15.5 Å². The highest BCUT2D eigenvalue weighted by Crippen LogP contribution is 2.42. The second-order valence-electron chi connectivity index (χ2n) is 9.33. The normalized spacial score (nSPS) is 21.0. The molecule has 0 aromatic heterocycles. The molecule has 0 aliphatic carbocycles. The molecular formula is C28H38N3OS+. The third kappa shape index (κ3) is 5.82. The lowest BCUT2D eigenvalue weighted by Gasteiger charge is -2.32. The van der Waals surface area contributed by atoms with E-state index in [2.05, 4.69) is 61.7 Å². The molecule has 2 heterocycles. The lowest BCUT2D eigenvalue weighted by molar-refractivity contribution is -0.930. The number of anilines is 1. The van der Waals surface area contributed by atoms with Crippen molar-refractivity contribution in [2.75, 3.05) is 25.0 Å². The quantitative estimate of drug-likeness (QED) is 0.488. The minimum Gasteiger partial charge on any atom is -0.354 e. The van der Waals surface area contributed by atoms with Gasteiger partial charge in [-0.15, -0.1) is 0 Å². The molecule has 2 aromatic rings. The molecule has 4 nitrogen and oxygen atoms in total. The van der Waals surface area contributed by atoms with E-state index in [9.17, 15) is 4.79 Å². The predicted octanol–water partition coefficient (Wildman–Crippen LogP) is 5.29. The zero-order valence-corrected chi connectivity index (χ0v) is 21.1. The smallest absolute Gasteiger partial charge is 0.251 e. The summed E-state index contributed by atoms with van der Waals surface area (Å²) >= 11 is 1.76. The van der Waals surface area contributed by atoms with Crippen molar-refractivity contribution in [1.29, 1.82) is 0 Å². The van der Waals surface area contributed by atoms with Crippen molar-refractivity contribution in [2.45, 2.75) is 75.1 Å². The molecule has 3 N–H and O–H groups in total. The van der Waals surface area contributed by atoms with Gasteiger partial charge in [-0.05, 0) is 69.4 Å². The summed E-state index contributed by atoms with van der Waals surface area (Å²) in [5.41, 5.74) is 5.33. The summed E-state index contributed by atoms with van der Waals surface area (Å²) in [5, 5.41) is 6.77. The SMILES string of the molecule is CCC=C1Nc2cc(C(=O)NCCC[NH+]3CCCCC3CC)ccc2Sc2ccc(C)cc21. The molecular weight excluding hydrogens is 426 g/mol. The molecule has 5 heteroatoms. The number of carbonyl (C=O) groups is 1. The van der Waals surface area contributed by atoms with Crippen molar-refractivity contribution in [3.63, 3.8) is 0 Å². The molecule has 2 aromatic carbocycles. The van der Waals surface area contributed by atoms with Gasteiger partial charge in [-0.1, -0.05) is 43.3 Å². The maximum Gasteiger partial charge on any atom is 0.251 e. The fraction of sp³-hybridized carbons (Fsp3) is 0.464. The predicted molar refractivity (Wildman–Crippen MR) is 139 cm³/mol. The number of piperidine rings is 1. The Bertz CT molecular complexity index is 1020. The molecule has 2 atom stereocenters. The van der Waals surface area contributed by atoms with E-state index in [1.54, 1.807) is 16.7 Å². The Kier molecular flexibility index (Phi) is 8.15. The van der Waals surface area contributed by atoms with Gasteiger partial charge in [0.2, 0.25) is 0 Å². The Labute approximate surface area is 203 Å². The number of rotatable bonds is 7. The highest BCUT2D eigenvalue weighted by Gasteiger charge is 2.24. The molecule has 2 aliphatic rings. The first kappa shape index (κ1) is 23.9. The average molecular weight is 465 g/mol. The number of aryl methyl sites for hydroxylation is 1. The topological polar surface area (TPSA) is 45.6 Å². The Balaban J connectivity index is 1.41. The standard InChI is InChI=1S/C28H37N3OS/c1-4-9-24-23-18-20(3)11-13-26(23)33-27-14-12-21(19-25(27)30-24)28(32)29-15-8-17-31-16-7-6-10-22(31)5-2/h9,11-14,18-19,22,30H,4-8,10,15-17H2,1-3H3,(H,29,32)/p+1. The number of fused-ring (bicyclic) bond motifs is 2. The van der Waals surface area contributed by atoms with E-state index in [1.165, 1.54) is 48.3 Å². The third-order valence-electron chi connectivity index (χ3n) is 6.90. The first-order chi connectivity index (χ1) is 16.1. The van der Waals surface area contributed by atoms with E-state index in [0.29, 0.717) is 0 Å². The second-order valence-corrected chi connectivity index (χ2v) is 10.4. The highest BCUT2D eigenvalue weighted by molar-refractivity contribution is 7.99. The van der Waals surface area contributed by atoms with E-state index in [-0.39, 0.29) is 5.91 Å². The third-order valence-corrected chi connectivity index (χ3v) is 8.05. The van der Waals surface area contributed by atoms with E-state index in [4.69, 9.17) is 0 Å². The van der Waals surface area contributed by atoms with E-state index in [0.717, 1.165) is 53.8 Å². The molecule has 0 saturated carbocycles. The molecule has 1 fully saturated rings. The molecule has 33 heavy (non-hydrogen) atoms. The van der Waals surface area contributed by atoms with Gasteiger partial charge in [-0.3, -0.25) is 4.79 Å². The lowest BCUT2D eigenvalue weighted by Crippen LogP contribution is -3.16. The van der Waals surface area contributed by atoms with Crippen LogP contribution in [0.2, 0.25) is 0 Å². The van der Waals surface area contributed by atoms with Gasteiger partial charge in [-0.2, -0.15) is 0 Å². The first-order valence-corrected chi connectivity index (χ1v) is 13.4. The van der Waals surface area contributed by atoms with E-state index >= 15 is 0 Å². The Morgan fingerprint density at radius 3 is 2.85 bits per heavy atom. The molecule has 1 saturated heterocycles. The minimum atomic E-state index is 0.0175. The van der Waals surface area contributed by atoms with Crippen LogP contribution in [0.25, 0.3) is 5.70 Å². The van der Waals surface area contributed by atoms with Gasteiger partial charge in [0.15, 0.2) is 0 Å². The average Bonchev–Trinajstić information content (AvgIpc) is 2.98. The molecule has 0 spiro atoms. The van der Waals surface area contributed by atoms with Crippen LogP contribution in [-0.4, -0.2) is 31.6 Å². The summed E-state index contributed by atoms with van der Waals surface area (Å²) < 4.78 is 0. The maximum absolute atomic E-state index is 12.9. The van der Waals surface area contributed by atoms with Crippen LogP contribution in [0.1, 0.15) is 73.9 Å². The van der Waals surface area contributed by atoms with Crippen LogP contribution < -0.4 is 15.5 Å². The first-order valence-electron chi connectivity index (χ1n) is 12.6. The number of quaternary nitrogens is 1. The van der Waals surface area contributed by atoms with Gasteiger partial charge in [0.05, 0.1) is 24.8 Å². The summed E-state index contributed by atoms with van der Waals surface area (Å²) in [4.78, 5) is 17.0. The number of likely N-dealkylation sites (tertiary alicyclic amines) is 1.